The number of para-hydroxylation sites is 1. The molecule has 3 aliphatic heterocycles. The number of pyridine rings is 1. The van der Waals surface area contributed by atoms with Gasteiger partial charge in [0.1, 0.15) is 11.6 Å². The van der Waals surface area contributed by atoms with Crippen LogP contribution in [0.2, 0.25) is 0 Å². The normalized spacial score (nSPS) is 21.4. The van der Waals surface area contributed by atoms with E-state index in [0.717, 1.165) is 35.6 Å². The molecular weight excluding hydrogens is 452 g/mol. The number of halogens is 2. The Balaban J connectivity index is 1.33. The van der Waals surface area contributed by atoms with Gasteiger partial charge in [0.2, 0.25) is 0 Å². The molecule has 0 bridgehead atoms. The van der Waals surface area contributed by atoms with E-state index in [-0.39, 0.29) is 23.6 Å². The second-order valence-electron chi connectivity index (χ2n) is 9.06. The first kappa shape index (κ1) is 22.0. The van der Waals surface area contributed by atoms with Crippen molar-refractivity contribution in [1.29, 1.82) is 0 Å². The molecule has 6 rings (SSSR count). The Morgan fingerprint density at radius 3 is 2.54 bits per heavy atom. The summed E-state index contributed by atoms with van der Waals surface area (Å²) in [6.07, 6.45) is 2.55. The van der Waals surface area contributed by atoms with Gasteiger partial charge in [-0.15, -0.1) is 0 Å². The topological polar surface area (TPSA) is 54.9 Å². The Morgan fingerprint density at radius 1 is 0.971 bits per heavy atom. The molecule has 3 aromatic rings. The molecule has 1 amide bonds. The highest BCUT2D eigenvalue weighted by molar-refractivity contribution is 6.00. The first-order valence-electron chi connectivity index (χ1n) is 11.9. The van der Waals surface area contributed by atoms with Gasteiger partial charge in [-0.05, 0) is 53.4 Å². The fourth-order valence-electron chi connectivity index (χ4n) is 5.59. The summed E-state index contributed by atoms with van der Waals surface area (Å²) in [6.45, 7) is 0.730. The van der Waals surface area contributed by atoms with Gasteiger partial charge in [-0.2, -0.15) is 8.78 Å². The molecule has 2 saturated heterocycles. The van der Waals surface area contributed by atoms with Crippen LogP contribution >= 0.6 is 0 Å². The van der Waals surface area contributed by atoms with E-state index in [1.165, 1.54) is 0 Å². The molecule has 0 aliphatic carbocycles. The number of hydrogen-bond acceptors (Lipinski definition) is 5. The van der Waals surface area contributed by atoms with Crippen LogP contribution in [-0.2, 0) is 4.74 Å². The molecule has 2 aromatic carbocycles. The third kappa shape index (κ3) is 3.91. The Bertz CT molecular complexity index is 1240. The van der Waals surface area contributed by atoms with Gasteiger partial charge in [0.15, 0.2) is 0 Å². The van der Waals surface area contributed by atoms with Crippen LogP contribution in [0.15, 0.2) is 60.8 Å². The van der Waals surface area contributed by atoms with Crippen molar-refractivity contribution in [1.82, 2.24) is 9.88 Å². The minimum absolute atomic E-state index is 0.00732. The number of nitrogens with zero attached hydrogens (tertiary/aromatic N) is 3. The zero-order chi connectivity index (χ0) is 23.9. The van der Waals surface area contributed by atoms with Crippen LogP contribution in [0.25, 0.3) is 11.1 Å². The van der Waals surface area contributed by atoms with Gasteiger partial charge < -0.3 is 19.3 Å². The largest absolute Gasteiger partial charge is 0.435 e. The Kier molecular flexibility index (Phi) is 5.60. The lowest BCUT2D eigenvalue weighted by atomic mass is 9.86. The second kappa shape index (κ2) is 8.92. The Labute approximate surface area is 202 Å². The summed E-state index contributed by atoms with van der Waals surface area (Å²) in [5.41, 5.74) is 4.25. The maximum atomic E-state index is 13.1. The summed E-state index contributed by atoms with van der Waals surface area (Å²) >= 11 is 0. The molecule has 0 spiro atoms. The van der Waals surface area contributed by atoms with E-state index in [2.05, 4.69) is 16.0 Å². The smallest absolute Gasteiger partial charge is 0.387 e. The highest BCUT2D eigenvalue weighted by Gasteiger charge is 2.46. The standard InChI is InChI=1S/C27H25F2N3O3/c28-27(29)35-23-4-2-1-3-19(23)20-9-10-32-25(20)22-15-17(5-7-21(22)26(32)33)18-6-8-24(30-16-18)31-11-13-34-14-12-31/h1-8,15-16,20,25,27H,9-14H2/t20-,25-/m1/s1. The molecule has 3 aliphatic rings. The highest BCUT2D eigenvalue weighted by atomic mass is 19.3. The zero-order valence-corrected chi connectivity index (χ0v) is 19.1. The molecule has 0 N–H and O–H groups in total. The fraction of sp³-hybridized carbons (Fsp3) is 0.333. The van der Waals surface area contributed by atoms with Crippen molar-refractivity contribution in [2.75, 3.05) is 37.7 Å². The lowest BCUT2D eigenvalue weighted by Crippen LogP contribution is -2.36. The average Bonchev–Trinajstić information content (AvgIpc) is 3.44. The van der Waals surface area contributed by atoms with Gasteiger partial charge in [-0.3, -0.25) is 4.79 Å². The number of rotatable bonds is 5. The van der Waals surface area contributed by atoms with E-state index in [4.69, 9.17) is 9.47 Å². The molecule has 35 heavy (non-hydrogen) atoms. The Morgan fingerprint density at radius 2 is 1.77 bits per heavy atom. The van der Waals surface area contributed by atoms with Crippen molar-refractivity contribution in [2.24, 2.45) is 0 Å². The van der Waals surface area contributed by atoms with Crippen molar-refractivity contribution in [3.63, 3.8) is 0 Å². The van der Waals surface area contributed by atoms with Crippen LogP contribution in [0.4, 0.5) is 14.6 Å². The number of morpholine rings is 1. The van der Waals surface area contributed by atoms with Crippen LogP contribution < -0.4 is 9.64 Å². The van der Waals surface area contributed by atoms with E-state index in [0.29, 0.717) is 37.3 Å². The maximum Gasteiger partial charge on any atom is 0.387 e. The third-order valence-electron chi connectivity index (χ3n) is 7.21. The maximum absolute atomic E-state index is 13.1. The lowest BCUT2D eigenvalue weighted by molar-refractivity contribution is -0.0507. The summed E-state index contributed by atoms with van der Waals surface area (Å²) in [5, 5.41) is 0. The molecule has 180 valence electrons. The zero-order valence-electron chi connectivity index (χ0n) is 19.1. The first-order chi connectivity index (χ1) is 17.1. The number of benzene rings is 2. The van der Waals surface area contributed by atoms with Gasteiger partial charge in [-0.1, -0.05) is 24.3 Å². The predicted molar refractivity (Wildman–Crippen MR) is 127 cm³/mol. The molecule has 0 unspecified atom stereocenters. The molecular formula is C27H25F2N3O3. The second-order valence-corrected chi connectivity index (χ2v) is 9.06. The number of ether oxygens (including phenoxy) is 2. The highest BCUT2D eigenvalue weighted by Crippen LogP contribution is 2.51. The Hall–Kier alpha value is -3.52. The summed E-state index contributed by atoms with van der Waals surface area (Å²) in [7, 11) is 0. The number of alkyl halides is 2. The number of fused-ring (bicyclic) bond motifs is 3. The van der Waals surface area contributed by atoms with E-state index in [1.54, 1.807) is 12.1 Å². The van der Waals surface area contributed by atoms with Crippen LogP contribution in [-0.4, -0.2) is 55.3 Å². The molecule has 0 saturated carbocycles. The van der Waals surface area contributed by atoms with E-state index < -0.39 is 6.61 Å². The lowest BCUT2D eigenvalue weighted by Gasteiger charge is -2.27. The number of amides is 1. The quantitative estimate of drug-likeness (QED) is 0.525. The summed E-state index contributed by atoms with van der Waals surface area (Å²) in [5.74, 6) is 0.972. The van der Waals surface area contributed by atoms with Crippen LogP contribution in [0, 0.1) is 0 Å². The fourth-order valence-corrected chi connectivity index (χ4v) is 5.59. The molecule has 1 aromatic heterocycles. The minimum Gasteiger partial charge on any atom is -0.435 e. The number of hydrogen-bond donors (Lipinski definition) is 0. The van der Waals surface area contributed by atoms with Gasteiger partial charge in [0.25, 0.3) is 5.91 Å². The number of carbonyl (C=O) groups is 1. The molecule has 4 heterocycles. The van der Waals surface area contributed by atoms with Crippen LogP contribution in [0.3, 0.4) is 0 Å². The van der Waals surface area contributed by atoms with Crippen LogP contribution in [0.1, 0.15) is 39.9 Å². The van der Waals surface area contributed by atoms with Gasteiger partial charge in [0.05, 0.1) is 19.3 Å². The molecule has 6 nitrogen and oxygen atoms in total. The summed E-state index contributed by atoms with van der Waals surface area (Å²) in [4.78, 5) is 21.9. The molecule has 2 fully saturated rings. The average molecular weight is 478 g/mol. The van der Waals surface area contributed by atoms with Gasteiger partial charge in [-0.25, -0.2) is 4.98 Å². The molecule has 2 atom stereocenters. The monoisotopic (exact) mass is 477 g/mol. The summed E-state index contributed by atoms with van der Waals surface area (Å²) < 4.78 is 36.3. The van der Waals surface area contributed by atoms with E-state index in [9.17, 15) is 13.6 Å². The summed E-state index contributed by atoms with van der Waals surface area (Å²) in [6, 6.07) is 16.6. The number of anilines is 1. The van der Waals surface area contributed by atoms with Crippen molar-refractivity contribution in [3.05, 3.63) is 77.5 Å². The number of aromatic nitrogens is 1. The van der Waals surface area contributed by atoms with Gasteiger partial charge >= 0.3 is 6.61 Å². The molecule has 8 heteroatoms. The van der Waals surface area contributed by atoms with Crippen molar-refractivity contribution < 1.29 is 23.0 Å². The van der Waals surface area contributed by atoms with E-state index in [1.807, 2.05) is 47.5 Å². The minimum atomic E-state index is -2.90. The van der Waals surface area contributed by atoms with Crippen LogP contribution in [0.5, 0.6) is 5.75 Å². The van der Waals surface area contributed by atoms with Crippen molar-refractivity contribution >= 4 is 11.7 Å². The van der Waals surface area contributed by atoms with Crippen molar-refractivity contribution in [2.45, 2.75) is 25.0 Å². The van der Waals surface area contributed by atoms with Crippen molar-refractivity contribution in [3.8, 4) is 16.9 Å². The SMILES string of the molecule is O=C1c2ccc(-c3ccc(N4CCOCC4)nc3)cc2[C@H]2[C@@H](c3ccccc3OC(F)F)CCN12. The third-order valence-corrected chi connectivity index (χ3v) is 7.21. The first-order valence-corrected chi connectivity index (χ1v) is 11.9. The molecule has 0 radical (unpaired) electrons. The van der Waals surface area contributed by atoms with Gasteiger partial charge in [0, 0.05) is 42.9 Å². The predicted octanol–water partition coefficient (Wildman–Crippen LogP) is 4.87. The number of carbonyl (C=O) groups excluding carboxylic acids is 1. The van der Waals surface area contributed by atoms with E-state index >= 15 is 0 Å².